The summed E-state index contributed by atoms with van der Waals surface area (Å²) >= 11 is 0. The minimum Gasteiger partial charge on any atom is -0.369 e. The van der Waals surface area contributed by atoms with Gasteiger partial charge in [-0.25, -0.2) is 17.1 Å². The summed E-state index contributed by atoms with van der Waals surface area (Å²) in [5, 5.41) is 6.60. The molecule has 0 bridgehead atoms. The van der Waals surface area contributed by atoms with Gasteiger partial charge in [-0.05, 0) is 38.0 Å². The van der Waals surface area contributed by atoms with E-state index in [2.05, 4.69) is 20.5 Å². The van der Waals surface area contributed by atoms with Crippen molar-refractivity contribution in [3.8, 4) is 0 Å². The number of halogens is 1. The molecule has 0 aliphatic carbocycles. The van der Waals surface area contributed by atoms with E-state index in [0.29, 0.717) is 25.6 Å². The first-order valence-electron chi connectivity index (χ1n) is 10.4. The van der Waals surface area contributed by atoms with Gasteiger partial charge in [0.05, 0.1) is 12.3 Å². The number of piperidine rings is 1. The van der Waals surface area contributed by atoms with E-state index >= 15 is 0 Å². The summed E-state index contributed by atoms with van der Waals surface area (Å²) in [6, 6.07) is 6.81. The first-order chi connectivity index (χ1) is 13.9. The van der Waals surface area contributed by atoms with Crippen molar-refractivity contribution >= 4 is 21.7 Å². The maximum atomic E-state index is 13.5. The number of nitrogens with one attached hydrogen (secondary N) is 2. The zero-order valence-electron chi connectivity index (χ0n) is 17.7. The van der Waals surface area contributed by atoms with Crippen molar-refractivity contribution in [2.24, 2.45) is 4.99 Å². The SMILES string of the molecule is CCNC(=NCCS(=O)(=O)N(CC)CC)NC1CCCN(c2cccc(F)c2)C1. The van der Waals surface area contributed by atoms with Crippen LogP contribution < -0.4 is 15.5 Å². The molecule has 0 saturated carbocycles. The van der Waals surface area contributed by atoms with E-state index in [4.69, 9.17) is 0 Å². The van der Waals surface area contributed by atoms with Crippen LogP contribution in [0.1, 0.15) is 33.6 Å². The van der Waals surface area contributed by atoms with Gasteiger partial charge in [0.15, 0.2) is 5.96 Å². The van der Waals surface area contributed by atoms with Crippen molar-refractivity contribution in [2.45, 2.75) is 39.7 Å². The van der Waals surface area contributed by atoms with Crippen LogP contribution in [0.3, 0.4) is 0 Å². The predicted octanol–water partition coefficient (Wildman–Crippen LogP) is 2.02. The molecule has 1 aromatic rings. The molecule has 1 fully saturated rings. The van der Waals surface area contributed by atoms with Crippen LogP contribution in [0.15, 0.2) is 29.3 Å². The van der Waals surface area contributed by atoms with E-state index in [-0.39, 0.29) is 24.2 Å². The van der Waals surface area contributed by atoms with Gasteiger partial charge in [0, 0.05) is 44.5 Å². The lowest BCUT2D eigenvalue weighted by molar-refractivity contribution is 0.445. The summed E-state index contributed by atoms with van der Waals surface area (Å²) in [7, 11) is -3.29. The van der Waals surface area contributed by atoms with Crippen molar-refractivity contribution < 1.29 is 12.8 Å². The largest absolute Gasteiger partial charge is 0.369 e. The van der Waals surface area contributed by atoms with Gasteiger partial charge in [-0.3, -0.25) is 4.99 Å². The fourth-order valence-electron chi connectivity index (χ4n) is 3.53. The third-order valence-electron chi connectivity index (χ3n) is 5.00. The summed E-state index contributed by atoms with van der Waals surface area (Å²) < 4.78 is 39.7. The Morgan fingerprint density at radius 2 is 2.07 bits per heavy atom. The molecule has 7 nitrogen and oxygen atoms in total. The summed E-state index contributed by atoms with van der Waals surface area (Å²) in [6.07, 6.45) is 1.97. The molecule has 1 saturated heterocycles. The third kappa shape index (κ3) is 7.15. The second-order valence-corrected chi connectivity index (χ2v) is 9.16. The normalized spacial score (nSPS) is 18.2. The molecule has 2 N–H and O–H groups in total. The quantitative estimate of drug-likeness (QED) is 0.466. The average molecular weight is 428 g/mol. The number of benzene rings is 1. The van der Waals surface area contributed by atoms with Gasteiger partial charge in [-0.1, -0.05) is 19.9 Å². The van der Waals surface area contributed by atoms with Gasteiger partial charge in [0.25, 0.3) is 0 Å². The minimum absolute atomic E-state index is 0.00859. The van der Waals surface area contributed by atoms with Crippen molar-refractivity contribution in [3.05, 3.63) is 30.1 Å². The maximum Gasteiger partial charge on any atom is 0.215 e. The molecule has 0 spiro atoms. The summed E-state index contributed by atoms with van der Waals surface area (Å²) in [4.78, 5) is 6.63. The first-order valence-corrected chi connectivity index (χ1v) is 12.0. The number of aliphatic imine (C=N–C) groups is 1. The number of hydrogen-bond donors (Lipinski definition) is 2. The maximum absolute atomic E-state index is 13.5. The second-order valence-electron chi connectivity index (χ2n) is 7.07. The van der Waals surface area contributed by atoms with Gasteiger partial charge >= 0.3 is 0 Å². The lowest BCUT2D eigenvalue weighted by Crippen LogP contribution is -2.51. The van der Waals surface area contributed by atoms with Gasteiger partial charge in [0.2, 0.25) is 10.0 Å². The highest BCUT2D eigenvalue weighted by atomic mass is 32.2. The standard InChI is InChI=1S/C20H34FN5O2S/c1-4-22-20(23-12-14-29(27,28)26(5-2)6-3)24-18-10-8-13-25(16-18)19-11-7-9-17(21)15-19/h7,9,11,15,18H,4-6,8,10,12-14,16H2,1-3H3,(H2,22,23,24). The van der Waals surface area contributed by atoms with Crippen LogP contribution in [0.5, 0.6) is 0 Å². The molecular formula is C20H34FN5O2S. The molecular weight excluding hydrogens is 393 g/mol. The molecule has 2 rings (SSSR count). The Labute approximate surface area is 174 Å². The topological polar surface area (TPSA) is 77.0 Å². The number of guanidine groups is 1. The van der Waals surface area contributed by atoms with Crippen LogP contribution in [0.2, 0.25) is 0 Å². The molecule has 164 valence electrons. The van der Waals surface area contributed by atoms with E-state index in [1.165, 1.54) is 10.4 Å². The van der Waals surface area contributed by atoms with Crippen molar-refractivity contribution in [1.29, 1.82) is 0 Å². The van der Waals surface area contributed by atoms with Crippen LogP contribution in [0.4, 0.5) is 10.1 Å². The van der Waals surface area contributed by atoms with Crippen LogP contribution in [0, 0.1) is 5.82 Å². The third-order valence-corrected chi connectivity index (χ3v) is 7.00. The first kappa shape index (κ1) is 23.4. The van der Waals surface area contributed by atoms with Crippen molar-refractivity contribution in [2.75, 3.05) is 49.9 Å². The van der Waals surface area contributed by atoms with Crippen LogP contribution >= 0.6 is 0 Å². The lowest BCUT2D eigenvalue weighted by atomic mass is 10.0. The number of nitrogens with zero attached hydrogens (tertiary/aromatic N) is 3. The summed E-state index contributed by atoms with van der Waals surface area (Å²) in [5.41, 5.74) is 0.878. The molecule has 1 heterocycles. The van der Waals surface area contributed by atoms with E-state index in [1.807, 2.05) is 26.8 Å². The fraction of sp³-hybridized carbons (Fsp3) is 0.650. The molecule has 1 aliphatic rings. The van der Waals surface area contributed by atoms with E-state index in [9.17, 15) is 12.8 Å². The second kappa shape index (κ2) is 11.3. The van der Waals surface area contributed by atoms with Gasteiger partial charge in [-0.2, -0.15) is 0 Å². The Kier molecular flexibility index (Phi) is 9.16. The van der Waals surface area contributed by atoms with Crippen LogP contribution in [-0.2, 0) is 10.0 Å². The molecule has 9 heteroatoms. The van der Waals surface area contributed by atoms with Gasteiger partial charge < -0.3 is 15.5 Å². The number of rotatable bonds is 9. The molecule has 1 aromatic carbocycles. The van der Waals surface area contributed by atoms with E-state index < -0.39 is 10.0 Å². The number of sulfonamides is 1. The van der Waals surface area contributed by atoms with Crippen molar-refractivity contribution in [1.82, 2.24) is 14.9 Å². The van der Waals surface area contributed by atoms with Crippen LogP contribution in [-0.4, -0.2) is 69.7 Å². The Balaban J connectivity index is 1.97. The molecule has 1 aliphatic heterocycles. The van der Waals surface area contributed by atoms with E-state index in [1.54, 1.807) is 12.1 Å². The number of anilines is 1. The molecule has 0 radical (unpaired) electrons. The summed E-state index contributed by atoms with van der Waals surface area (Å²) in [6.45, 7) is 9.11. The lowest BCUT2D eigenvalue weighted by Gasteiger charge is -2.35. The highest BCUT2D eigenvalue weighted by molar-refractivity contribution is 7.89. The number of hydrogen-bond acceptors (Lipinski definition) is 4. The zero-order chi connectivity index (χ0) is 21.3. The monoisotopic (exact) mass is 427 g/mol. The molecule has 29 heavy (non-hydrogen) atoms. The van der Waals surface area contributed by atoms with Crippen LogP contribution in [0.25, 0.3) is 0 Å². The summed E-state index contributed by atoms with van der Waals surface area (Å²) in [5.74, 6) is 0.376. The van der Waals surface area contributed by atoms with Gasteiger partial charge in [0.1, 0.15) is 5.82 Å². The molecule has 1 unspecified atom stereocenters. The zero-order valence-corrected chi connectivity index (χ0v) is 18.5. The molecule has 1 atom stereocenters. The Bertz CT molecular complexity index is 768. The predicted molar refractivity (Wildman–Crippen MR) is 117 cm³/mol. The molecule has 0 amide bonds. The highest BCUT2D eigenvalue weighted by Gasteiger charge is 2.22. The highest BCUT2D eigenvalue weighted by Crippen LogP contribution is 2.20. The van der Waals surface area contributed by atoms with Crippen molar-refractivity contribution in [3.63, 3.8) is 0 Å². The smallest absolute Gasteiger partial charge is 0.215 e. The molecule has 0 aromatic heterocycles. The Hall–Kier alpha value is -1.87. The van der Waals surface area contributed by atoms with E-state index in [0.717, 1.165) is 31.6 Å². The fourth-order valence-corrected chi connectivity index (χ4v) is 4.90. The minimum atomic E-state index is -3.29. The average Bonchev–Trinajstić information content (AvgIpc) is 2.69. The van der Waals surface area contributed by atoms with Gasteiger partial charge in [-0.15, -0.1) is 0 Å². The Morgan fingerprint density at radius 3 is 2.72 bits per heavy atom. The Morgan fingerprint density at radius 1 is 1.31 bits per heavy atom.